The Morgan fingerprint density at radius 1 is 1.11 bits per heavy atom. The zero-order valence-corrected chi connectivity index (χ0v) is 12.0. The molecule has 2 N–H and O–H groups in total. The highest BCUT2D eigenvalue weighted by Gasteiger charge is 2.34. The lowest BCUT2D eigenvalue weighted by Gasteiger charge is -2.38. The molecular weight excluding hydrogens is 222 g/mol. The van der Waals surface area contributed by atoms with Crippen molar-refractivity contribution in [3.8, 4) is 0 Å². The Labute approximate surface area is 110 Å². The van der Waals surface area contributed by atoms with Crippen LogP contribution in [0.5, 0.6) is 0 Å². The zero-order valence-electron chi connectivity index (χ0n) is 12.0. The van der Waals surface area contributed by atoms with E-state index in [0.29, 0.717) is 0 Å². The maximum Gasteiger partial charge on any atom is 0.0767 e. The topological polar surface area (TPSA) is 32.3 Å². The van der Waals surface area contributed by atoms with Gasteiger partial charge in [-0.3, -0.25) is 0 Å². The number of aliphatic hydroxyl groups is 1. The Balaban J connectivity index is 2.03. The number of rotatable bonds is 4. The van der Waals surface area contributed by atoms with Crippen molar-refractivity contribution in [2.24, 2.45) is 0 Å². The average molecular weight is 247 g/mol. The molecule has 100 valence electrons. The van der Waals surface area contributed by atoms with Gasteiger partial charge >= 0.3 is 0 Å². The van der Waals surface area contributed by atoms with E-state index in [1.165, 1.54) is 36.0 Å². The van der Waals surface area contributed by atoms with Crippen molar-refractivity contribution in [2.75, 3.05) is 0 Å². The molecule has 0 fully saturated rings. The van der Waals surface area contributed by atoms with Gasteiger partial charge in [0.05, 0.1) is 5.60 Å². The third-order valence-corrected chi connectivity index (χ3v) is 4.43. The van der Waals surface area contributed by atoms with Crippen molar-refractivity contribution in [3.63, 3.8) is 0 Å². The molecule has 0 atom stereocenters. The van der Waals surface area contributed by atoms with Crippen molar-refractivity contribution >= 4 is 0 Å². The number of hydrogen-bond acceptors (Lipinski definition) is 2. The summed E-state index contributed by atoms with van der Waals surface area (Å²) in [5.41, 5.74) is 3.30. The van der Waals surface area contributed by atoms with Crippen molar-refractivity contribution in [2.45, 2.75) is 64.6 Å². The van der Waals surface area contributed by atoms with Crippen LogP contribution in [0.25, 0.3) is 0 Å². The SMILES string of the molecule is CC(C)(O)C(C)(C)NCc1ccc2c(c1)CCC2. The number of aryl methyl sites for hydroxylation is 2. The van der Waals surface area contributed by atoms with Gasteiger partial charge in [0, 0.05) is 12.1 Å². The fourth-order valence-electron chi connectivity index (χ4n) is 2.27. The summed E-state index contributed by atoms with van der Waals surface area (Å²) >= 11 is 0. The predicted octanol–water partition coefficient (Wildman–Crippen LogP) is 2.81. The molecule has 18 heavy (non-hydrogen) atoms. The van der Waals surface area contributed by atoms with Gasteiger partial charge in [-0.25, -0.2) is 0 Å². The second kappa shape index (κ2) is 4.67. The molecule has 0 spiro atoms. The molecule has 0 aliphatic heterocycles. The Kier molecular flexibility index (Phi) is 3.52. The van der Waals surface area contributed by atoms with Crippen molar-refractivity contribution in [3.05, 3.63) is 34.9 Å². The standard InChI is InChI=1S/C16H25NO/c1-15(2,16(3,4)18)17-11-12-8-9-13-6-5-7-14(13)10-12/h8-10,17-18H,5-7,11H2,1-4H3. The molecule has 1 aliphatic carbocycles. The van der Waals surface area contributed by atoms with Crippen LogP contribution in [0.2, 0.25) is 0 Å². The van der Waals surface area contributed by atoms with Gasteiger partial charge in [0.15, 0.2) is 0 Å². The predicted molar refractivity (Wildman–Crippen MR) is 75.7 cm³/mol. The highest BCUT2D eigenvalue weighted by Crippen LogP contribution is 2.24. The molecular formula is C16H25NO. The van der Waals surface area contributed by atoms with E-state index in [-0.39, 0.29) is 5.54 Å². The summed E-state index contributed by atoms with van der Waals surface area (Å²) in [5.74, 6) is 0. The summed E-state index contributed by atoms with van der Waals surface area (Å²) in [6, 6.07) is 6.78. The summed E-state index contributed by atoms with van der Waals surface area (Å²) in [6.45, 7) is 8.59. The van der Waals surface area contributed by atoms with Crippen LogP contribution < -0.4 is 5.32 Å². The molecule has 0 bridgehead atoms. The minimum Gasteiger partial charge on any atom is -0.389 e. The van der Waals surface area contributed by atoms with Crippen LogP contribution in [-0.2, 0) is 19.4 Å². The highest BCUT2D eigenvalue weighted by molar-refractivity contribution is 5.35. The van der Waals surface area contributed by atoms with E-state index in [1.807, 2.05) is 27.7 Å². The van der Waals surface area contributed by atoms with E-state index in [2.05, 4.69) is 23.5 Å². The van der Waals surface area contributed by atoms with Crippen LogP contribution in [0.4, 0.5) is 0 Å². The molecule has 0 heterocycles. The van der Waals surface area contributed by atoms with Gasteiger partial charge in [-0.15, -0.1) is 0 Å². The Hall–Kier alpha value is -0.860. The molecule has 0 amide bonds. The molecule has 2 nitrogen and oxygen atoms in total. The molecule has 0 radical (unpaired) electrons. The molecule has 0 saturated heterocycles. The van der Waals surface area contributed by atoms with E-state index in [1.54, 1.807) is 0 Å². The molecule has 1 aliphatic rings. The second-order valence-electron chi connectivity index (χ2n) is 6.49. The van der Waals surface area contributed by atoms with Gasteiger partial charge in [-0.1, -0.05) is 18.2 Å². The number of benzene rings is 1. The summed E-state index contributed by atoms with van der Waals surface area (Å²) in [7, 11) is 0. The Morgan fingerprint density at radius 2 is 1.78 bits per heavy atom. The first-order chi connectivity index (χ1) is 8.29. The van der Waals surface area contributed by atoms with E-state index in [9.17, 15) is 5.11 Å². The number of fused-ring (bicyclic) bond motifs is 1. The van der Waals surface area contributed by atoms with E-state index < -0.39 is 5.60 Å². The normalized spacial score (nSPS) is 15.8. The quantitative estimate of drug-likeness (QED) is 0.857. The monoisotopic (exact) mass is 247 g/mol. The summed E-state index contributed by atoms with van der Waals surface area (Å²) in [5, 5.41) is 13.6. The average Bonchev–Trinajstić information content (AvgIpc) is 2.71. The molecule has 2 rings (SSSR count). The first kappa shape index (κ1) is 13.6. The Morgan fingerprint density at radius 3 is 2.44 bits per heavy atom. The summed E-state index contributed by atoms with van der Waals surface area (Å²) in [6.07, 6.45) is 3.75. The lowest BCUT2D eigenvalue weighted by atomic mass is 9.86. The zero-order chi connectivity index (χ0) is 13.4. The number of hydrogen-bond donors (Lipinski definition) is 2. The van der Waals surface area contributed by atoms with Gasteiger partial charge in [0.25, 0.3) is 0 Å². The molecule has 0 aromatic heterocycles. The molecule has 1 aromatic carbocycles. The fourth-order valence-corrected chi connectivity index (χ4v) is 2.27. The van der Waals surface area contributed by atoms with E-state index >= 15 is 0 Å². The highest BCUT2D eigenvalue weighted by atomic mass is 16.3. The first-order valence-electron chi connectivity index (χ1n) is 6.88. The van der Waals surface area contributed by atoms with Crippen molar-refractivity contribution < 1.29 is 5.11 Å². The Bertz CT molecular complexity index is 429. The largest absolute Gasteiger partial charge is 0.389 e. The minimum absolute atomic E-state index is 0.300. The van der Waals surface area contributed by atoms with E-state index in [4.69, 9.17) is 0 Å². The fraction of sp³-hybridized carbons (Fsp3) is 0.625. The smallest absolute Gasteiger partial charge is 0.0767 e. The maximum atomic E-state index is 10.1. The summed E-state index contributed by atoms with van der Waals surface area (Å²) in [4.78, 5) is 0. The molecule has 0 saturated carbocycles. The van der Waals surface area contributed by atoms with Gasteiger partial charge in [0.2, 0.25) is 0 Å². The van der Waals surface area contributed by atoms with E-state index in [0.717, 1.165) is 6.54 Å². The first-order valence-corrected chi connectivity index (χ1v) is 6.88. The summed E-state index contributed by atoms with van der Waals surface area (Å²) < 4.78 is 0. The molecule has 2 heteroatoms. The van der Waals surface area contributed by atoms with Gasteiger partial charge < -0.3 is 10.4 Å². The van der Waals surface area contributed by atoms with Gasteiger partial charge in [0.1, 0.15) is 0 Å². The maximum absolute atomic E-state index is 10.1. The van der Waals surface area contributed by atoms with Crippen LogP contribution in [0.1, 0.15) is 50.8 Å². The van der Waals surface area contributed by atoms with Crippen LogP contribution in [0.3, 0.4) is 0 Å². The van der Waals surface area contributed by atoms with Crippen LogP contribution in [0, 0.1) is 0 Å². The molecule has 1 aromatic rings. The number of nitrogens with one attached hydrogen (secondary N) is 1. The third kappa shape index (κ3) is 2.76. The lowest BCUT2D eigenvalue weighted by molar-refractivity contribution is -0.00531. The van der Waals surface area contributed by atoms with Gasteiger partial charge in [-0.05, 0) is 63.6 Å². The van der Waals surface area contributed by atoms with Crippen LogP contribution >= 0.6 is 0 Å². The lowest BCUT2D eigenvalue weighted by Crippen LogP contribution is -2.55. The van der Waals surface area contributed by atoms with Crippen LogP contribution in [0.15, 0.2) is 18.2 Å². The van der Waals surface area contributed by atoms with Crippen molar-refractivity contribution in [1.29, 1.82) is 0 Å². The second-order valence-corrected chi connectivity index (χ2v) is 6.49. The third-order valence-electron chi connectivity index (χ3n) is 4.43. The van der Waals surface area contributed by atoms with Crippen molar-refractivity contribution in [1.82, 2.24) is 5.32 Å². The molecule has 0 unspecified atom stereocenters. The van der Waals surface area contributed by atoms with Crippen LogP contribution in [-0.4, -0.2) is 16.2 Å². The minimum atomic E-state index is -0.732. The van der Waals surface area contributed by atoms with Gasteiger partial charge in [-0.2, -0.15) is 0 Å².